The highest BCUT2D eigenvalue weighted by Crippen LogP contribution is 2.24. The van der Waals surface area contributed by atoms with E-state index in [-0.39, 0.29) is 17.7 Å². The molecule has 30 heavy (non-hydrogen) atoms. The number of pyridine rings is 1. The van der Waals surface area contributed by atoms with E-state index in [1.165, 1.54) is 18.1 Å². The monoisotopic (exact) mass is 409 g/mol. The molecule has 3 aromatic rings. The van der Waals surface area contributed by atoms with Crippen LogP contribution >= 0.6 is 0 Å². The first-order valence-electron chi connectivity index (χ1n) is 8.92. The molecule has 8 nitrogen and oxygen atoms in total. The van der Waals surface area contributed by atoms with Gasteiger partial charge in [-0.25, -0.2) is 9.97 Å². The summed E-state index contributed by atoms with van der Waals surface area (Å²) in [7, 11) is 3.20. The second-order valence-electron chi connectivity index (χ2n) is 6.21. The number of methoxy groups -OCH3 is 1. The van der Waals surface area contributed by atoms with Crippen LogP contribution in [0.2, 0.25) is 0 Å². The molecule has 1 aromatic carbocycles. The van der Waals surface area contributed by atoms with Crippen molar-refractivity contribution in [1.29, 1.82) is 0 Å². The maximum absolute atomic E-state index is 14.1. The third-order valence-electron chi connectivity index (χ3n) is 4.02. The Labute approximate surface area is 173 Å². The van der Waals surface area contributed by atoms with Gasteiger partial charge in [0.1, 0.15) is 5.75 Å². The van der Waals surface area contributed by atoms with E-state index < -0.39 is 5.82 Å². The molecule has 0 aliphatic heterocycles. The molecule has 1 amide bonds. The van der Waals surface area contributed by atoms with Crippen LogP contribution in [0.15, 0.2) is 61.4 Å². The number of anilines is 2. The van der Waals surface area contributed by atoms with Crippen molar-refractivity contribution in [1.82, 2.24) is 19.9 Å². The lowest BCUT2D eigenvalue weighted by atomic mass is 10.2. The molecule has 154 valence electrons. The Morgan fingerprint density at radius 1 is 1.20 bits per heavy atom. The number of amides is 1. The number of hydrogen-bond donors (Lipinski definition) is 1. The van der Waals surface area contributed by atoms with Crippen molar-refractivity contribution in [3.05, 3.63) is 72.8 Å². The second-order valence-corrected chi connectivity index (χ2v) is 6.21. The third kappa shape index (κ3) is 5.28. The van der Waals surface area contributed by atoms with Gasteiger partial charge in [-0.05, 0) is 29.8 Å². The Hall–Kier alpha value is -4.01. The van der Waals surface area contributed by atoms with Gasteiger partial charge in [0.2, 0.25) is 23.6 Å². The Balaban J connectivity index is 1.69. The maximum Gasteiger partial charge on any atom is 0.260 e. The van der Waals surface area contributed by atoms with Crippen LogP contribution in [0.25, 0.3) is 0 Å². The average Bonchev–Trinajstić information content (AvgIpc) is 2.77. The summed E-state index contributed by atoms with van der Waals surface area (Å²) in [5.74, 6) is -0.0845. The largest absolute Gasteiger partial charge is 0.481 e. The number of hydrogen-bond acceptors (Lipinski definition) is 7. The molecule has 0 spiro atoms. The molecular weight excluding hydrogens is 389 g/mol. The van der Waals surface area contributed by atoms with Crippen LogP contribution in [-0.2, 0) is 11.3 Å². The number of nitrogens with zero attached hydrogens (tertiary/aromatic N) is 4. The van der Waals surface area contributed by atoms with Gasteiger partial charge in [0.05, 0.1) is 25.2 Å². The fourth-order valence-electron chi connectivity index (χ4n) is 2.47. The number of nitrogens with one attached hydrogen (secondary N) is 1. The first-order chi connectivity index (χ1) is 14.5. The lowest BCUT2D eigenvalue weighted by Gasteiger charge is -2.15. The van der Waals surface area contributed by atoms with Gasteiger partial charge < -0.3 is 19.7 Å². The highest BCUT2D eigenvalue weighted by atomic mass is 19.1. The predicted molar refractivity (Wildman–Crippen MR) is 109 cm³/mol. The second kappa shape index (κ2) is 9.46. The average molecular weight is 409 g/mol. The summed E-state index contributed by atoms with van der Waals surface area (Å²) in [5, 5.41) is 2.92. The van der Waals surface area contributed by atoms with Crippen LogP contribution in [0.3, 0.4) is 0 Å². The van der Waals surface area contributed by atoms with Crippen molar-refractivity contribution in [2.45, 2.75) is 6.54 Å². The molecule has 0 fully saturated rings. The van der Waals surface area contributed by atoms with Gasteiger partial charge in [-0.15, -0.1) is 0 Å². The summed E-state index contributed by atoms with van der Waals surface area (Å²) >= 11 is 0. The molecule has 3 rings (SSSR count). The minimum Gasteiger partial charge on any atom is -0.481 e. The van der Waals surface area contributed by atoms with Crippen LogP contribution in [0.5, 0.6) is 17.5 Å². The van der Waals surface area contributed by atoms with Crippen molar-refractivity contribution in [3.63, 3.8) is 0 Å². The van der Waals surface area contributed by atoms with Crippen molar-refractivity contribution in [3.8, 4) is 17.5 Å². The lowest BCUT2D eigenvalue weighted by molar-refractivity contribution is -0.125. The summed E-state index contributed by atoms with van der Waals surface area (Å²) in [6, 6.07) is 10.3. The number of carbonyl (C=O) groups excluding carboxylic acids is 1. The molecule has 0 saturated carbocycles. The van der Waals surface area contributed by atoms with Gasteiger partial charge in [-0.3, -0.25) is 4.79 Å². The molecule has 0 unspecified atom stereocenters. The number of benzene rings is 1. The van der Waals surface area contributed by atoms with Crippen LogP contribution in [0.1, 0.15) is 5.56 Å². The minimum atomic E-state index is -0.700. The predicted octanol–water partition coefficient (Wildman–Crippen LogP) is 3.70. The SMILES string of the molecule is C=CC(=O)N(C)Cc1ccc(Oc2nc(Nc3ccc(OC)nc3)ncc2F)cc1. The Bertz CT molecular complexity index is 1030. The Morgan fingerprint density at radius 3 is 2.60 bits per heavy atom. The van der Waals surface area contributed by atoms with Crippen LogP contribution < -0.4 is 14.8 Å². The molecule has 0 aliphatic carbocycles. The van der Waals surface area contributed by atoms with E-state index in [0.717, 1.165) is 11.8 Å². The molecule has 1 N–H and O–H groups in total. The fraction of sp³-hybridized carbons (Fsp3) is 0.143. The topological polar surface area (TPSA) is 89.5 Å². The molecule has 0 bridgehead atoms. The van der Waals surface area contributed by atoms with Gasteiger partial charge in [0.15, 0.2) is 0 Å². The van der Waals surface area contributed by atoms with E-state index in [2.05, 4.69) is 26.8 Å². The number of likely N-dealkylation sites (N-methyl/N-ethyl adjacent to an activating group) is 1. The van der Waals surface area contributed by atoms with Crippen LogP contribution in [-0.4, -0.2) is 39.9 Å². The van der Waals surface area contributed by atoms with E-state index in [1.54, 1.807) is 49.6 Å². The third-order valence-corrected chi connectivity index (χ3v) is 4.02. The summed E-state index contributed by atoms with van der Waals surface area (Å²) in [6.07, 6.45) is 3.81. The zero-order valence-corrected chi connectivity index (χ0v) is 16.5. The number of rotatable bonds is 8. The standard InChI is InChI=1S/C21H20FN5O3/c1-4-19(28)27(2)13-14-5-8-16(9-6-14)30-20-17(22)12-24-21(26-20)25-15-7-10-18(29-3)23-11-15/h4-12H,1,13H2,2-3H3,(H,24,25,26). The lowest BCUT2D eigenvalue weighted by Crippen LogP contribution is -2.23. The number of aromatic nitrogens is 3. The van der Waals surface area contributed by atoms with E-state index in [9.17, 15) is 9.18 Å². The van der Waals surface area contributed by atoms with Gasteiger partial charge in [-0.2, -0.15) is 9.37 Å². The van der Waals surface area contributed by atoms with Crippen molar-refractivity contribution < 1.29 is 18.7 Å². The van der Waals surface area contributed by atoms with Crippen molar-refractivity contribution >= 4 is 17.5 Å². The molecule has 9 heteroatoms. The molecule has 2 aromatic heterocycles. The summed E-state index contributed by atoms with van der Waals surface area (Å²) in [6.45, 7) is 3.87. The summed E-state index contributed by atoms with van der Waals surface area (Å²) in [4.78, 5) is 25.1. The molecular formula is C21H20FN5O3. The van der Waals surface area contributed by atoms with Gasteiger partial charge >= 0.3 is 0 Å². The Morgan fingerprint density at radius 2 is 1.97 bits per heavy atom. The van der Waals surface area contributed by atoms with Crippen molar-refractivity contribution in [2.24, 2.45) is 0 Å². The Kier molecular flexibility index (Phi) is 6.53. The molecule has 0 atom stereocenters. The summed E-state index contributed by atoms with van der Waals surface area (Å²) < 4.78 is 24.7. The van der Waals surface area contributed by atoms with E-state index >= 15 is 0 Å². The first kappa shape index (κ1) is 20.7. The maximum atomic E-state index is 14.1. The fourth-order valence-corrected chi connectivity index (χ4v) is 2.47. The van der Waals surface area contributed by atoms with Crippen LogP contribution in [0.4, 0.5) is 16.0 Å². The van der Waals surface area contributed by atoms with Crippen molar-refractivity contribution in [2.75, 3.05) is 19.5 Å². The molecule has 0 saturated heterocycles. The summed E-state index contributed by atoms with van der Waals surface area (Å²) in [5.41, 5.74) is 1.49. The molecule has 0 aliphatic rings. The minimum absolute atomic E-state index is 0.152. The highest BCUT2D eigenvalue weighted by Gasteiger charge is 2.11. The number of carbonyl (C=O) groups is 1. The van der Waals surface area contributed by atoms with Gasteiger partial charge in [-0.1, -0.05) is 18.7 Å². The molecule has 0 radical (unpaired) electrons. The van der Waals surface area contributed by atoms with E-state index in [0.29, 0.717) is 23.9 Å². The van der Waals surface area contributed by atoms with E-state index in [4.69, 9.17) is 9.47 Å². The normalized spacial score (nSPS) is 10.2. The first-order valence-corrected chi connectivity index (χ1v) is 8.92. The van der Waals surface area contributed by atoms with Gasteiger partial charge in [0, 0.05) is 19.7 Å². The zero-order chi connectivity index (χ0) is 21.5. The van der Waals surface area contributed by atoms with Crippen LogP contribution in [0, 0.1) is 5.82 Å². The zero-order valence-electron chi connectivity index (χ0n) is 16.5. The van der Waals surface area contributed by atoms with Gasteiger partial charge in [0.25, 0.3) is 5.88 Å². The molecule has 2 heterocycles. The van der Waals surface area contributed by atoms with E-state index in [1.807, 2.05) is 0 Å². The smallest absolute Gasteiger partial charge is 0.260 e. The number of ether oxygens (including phenoxy) is 2. The quantitative estimate of drug-likeness (QED) is 0.568. The highest BCUT2D eigenvalue weighted by molar-refractivity contribution is 5.86. The number of halogens is 1.